The molecule has 0 unspecified atom stereocenters. The normalized spacial score (nSPS) is 10.3. The topological polar surface area (TPSA) is 114 Å². The number of benzene rings is 3. The van der Waals surface area contributed by atoms with Crippen molar-refractivity contribution in [2.75, 3.05) is 13.7 Å². The molecular weight excluding hydrogens is 528 g/mol. The molecule has 10 heteroatoms. The van der Waals surface area contributed by atoms with Crippen LogP contribution in [0.4, 0.5) is 8.78 Å². The number of aromatic nitrogens is 1. The lowest BCUT2D eigenvalue weighted by molar-refractivity contribution is -0.117. The predicted octanol–water partition coefficient (Wildman–Crippen LogP) is 5.45. The van der Waals surface area contributed by atoms with Gasteiger partial charge in [-0.25, -0.2) is 8.78 Å². The smallest absolute Gasteiger partial charge is 0.253 e. The molecule has 0 spiro atoms. The van der Waals surface area contributed by atoms with Crippen LogP contribution in [0.3, 0.4) is 0 Å². The molecule has 4 aromatic rings. The van der Waals surface area contributed by atoms with Crippen molar-refractivity contribution in [3.8, 4) is 16.9 Å². The number of H-pyrrole nitrogens is 1. The van der Waals surface area contributed by atoms with Crippen molar-refractivity contribution in [1.29, 1.82) is 0 Å². The van der Waals surface area contributed by atoms with E-state index < -0.39 is 29.2 Å². The first kappa shape index (κ1) is 29.1. The lowest BCUT2D eigenvalue weighted by Crippen LogP contribution is -2.28. The summed E-state index contributed by atoms with van der Waals surface area (Å²) in [7, 11) is 1.48. The summed E-state index contributed by atoms with van der Waals surface area (Å²) in [6.45, 7) is 1.31. The summed E-state index contributed by atoms with van der Waals surface area (Å²) in [6.07, 6.45) is 1.14. The molecule has 1 heterocycles. The lowest BCUT2D eigenvalue weighted by atomic mass is 9.93. The fourth-order valence-electron chi connectivity index (χ4n) is 3.70. The summed E-state index contributed by atoms with van der Waals surface area (Å²) in [6, 6.07) is 17.6. The number of nitrogens with two attached hydrogens (primary N) is 1. The van der Waals surface area contributed by atoms with Crippen molar-refractivity contribution >= 4 is 29.2 Å². The Hall–Kier alpha value is -4.50. The molecule has 202 valence electrons. The largest absolute Gasteiger partial charge is 0.497 e. The Bertz CT molecular complexity index is 1470. The first-order valence-electron chi connectivity index (χ1n) is 11.8. The van der Waals surface area contributed by atoms with Gasteiger partial charge in [0.05, 0.1) is 18.4 Å². The van der Waals surface area contributed by atoms with Crippen molar-refractivity contribution < 1.29 is 27.9 Å². The van der Waals surface area contributed by atoms with Gasteiger partial charge >= 0.3 is 0 Å². The maximum absolute atomic E-state index is 14.8. The van der Waals surface area contributed by atoms with E-state index in [2.05, 4.69) is 10.3 Å². The third kappa shape index (κ3) is 7.30. The van der Waals surface area contributed by atoms with Crippen LogP contribution in [0.25, 0.3) is 11.1 Å². The van der Waals surface area contributed by atoms with Crippen LogP contribution < -0.4 is 15.8 Å². The highest BCUT2D eigenvalue weighted by molar-refractivity contribution is 6.30. The van der Waals surface area contributed by atoms with Gasteiger partial charge in [0.25, 0.3) is 5.91 Å². The van der Waals surface area contributed by atoms with Gasteiger partial charge < -0.3 is 20.8 Å². The molecule has 4 N–H and O–H groups in total. The van der Waals surface area contributed by atoms with E-state index in [-0.39, 0.29) is 46.5 Å². The van der Waals surface area contributed by atoms with Gasteiger partial charge in [-0.3, -0.25) is 14.4 Å². The number of carbonyl (C=O) groups excluding carboxylic acids is 3. The van der Waals surface area contributed by atoms with Crippen LogP contribution in [0.1, 0.15) is 38.4 Å². The monoisotopic (exact) mass is 553 g/mol. The third-order valence-electron chi connectivity index (χ3n) is 5.69. The fourth-order valence-corrected chi connectivity index (χ4v) is 3.84. The highest BCUT2D eigenvalue weighted by Gasteiger charge is 2.27. The van der Waals surface area contributed by atoms with Gasteiger partial charge in [-0.05, 0) is 61.0 Å². The number of aromatic amines is 1. The zero-order chi connectivity index (χ0) is 28.5. The molecule has 0 saturated heterocycles. The van der Waals surface area contributed by atoms with Gasteiger partial charge in [-0.1, -0.05) is 29.8 Å². The maximum atomic E-state index is 14.8. The summed E-state index contributed by atoms with van der Waals surface area (Å²) in [4.78, 5) is 39.6. The predicted molar refractivity (Wildman–Crippen MR) is 145 cm³/mol. The molecule has 0 aliphatic heterocycles. The molecule has 1 aromatic heterocycles. The molecule has 0 bridgehead atoms. The van der Waals surface area contributed by atoms with Crippen LogP contribution >= 0.6 is 11.6 Å². The Kier molecular flexibility index (Phi) is 9.94. The van der Waals surface area contributed by atoms with Crippen molar-refractivity contribution in [3.05, 3.63) is 112 Å². The zero-order valence-electron chi connectivity index (χ0n) is 21.2. The van der Waals surface area contributed by atoms with Crippen LogP contribution in [0.2, 0.25) is 5.02 Å². The summed E-state index contributed by atoms with van der Waals surface area (Å²) < 4.78 is 34.2. The minimum Gasteiger partial charge on any atom is -0.497 e. The second-order valence-corrected chi connectivity index (χ2v) is 8.74. The Labute approximate surface area is 228 Å². The molecule has 39 heavy (non-hydrogen) atoms. The number of carbonyl (C=O) groups is 3. The van der Waals surface area contributed by atoms with Crippen molar-refractivity contribution in [1.82, 2.24) is 10.3 Å². The molecule has 2 amide bonds. The van der Waals surface area contributed by atoms with E-state index in [1.165, 1.54) is 32.4 Å². The van der Waals surface area contributed by atoms with Crippen LogP contribution in [0.15, 0.2) is 72.9 Å². The number of amides is 2. The Morgan fingerprint density at radius 2 is 1.59 bits per heavy atom. The lowest BCUT2D eigenvalue weighted by Gasteiger charge is -2.13. The third-order valence-corrected chi connectivity index (χ3v) is 5.94. The van der Waals surface area contributed by atoms with Gasteiger partial charge in [0, 0.05) is 40.9 Å². The first-order chi connectivity index (χ1) is 18.6. The van der Waals surface area contributed by atoms with Crippen molar-refractivity contribution in [3.63, 3.8) is 0 Å². The average Bonchev–Trinajstić information content (AvgIpc) is 3.36. The molecule has 0 atom stereocenters. The highest BCUT2D eigenvalue weighted by atomic mass is 35.5. The number of ether oxygens (including phenoxy) is 1. The van der Waals surface area contributed by atoms with E-state index in [4.69, 9.17) is 22.1 Å². The van der Waals surface area contributed by atoms with Gasteiger partial charge in [0.1, 0.15) is 17.4 Å². The van der Waals surface area contributed by atoms with E-state index in [0.717, 1.165) is 17.2 Å². The van der Waals surface area contributed by atoms with Gasteiger partial charge in [-0.15, -0.1) is 0 Å². The number of methoxy groups -OCH3 is 1. The number of hydrogen-bond donors (Lipinski definition) is 3. The summed E-state index contributed by atoms with van der Waals surface area (Å²) in [5.41, 5.74) is 4.85. The maximum Gasteiger partial charge on any atom is 0.253 e. The van der Waals surface area contributed by atoms with E-state index >= 15 is 0 Å². The van der Waals surface area contributed by atoms with Crippen LogP contribution in [0, 0.1) is 18.6 Å². The number of rotatable bonds is 8. The Morgan fingerprint density at radius 3 is 2.15 bits per heavy atom. The molecular formula is C29H26ClF2N3O4. The van der Waals surface area contributed by atoms with Crippen LogP contribution in [0.5, 0.6) is 5.75 Å². The van der Waals surface area contributed by atoms with Gasteiger partial charge in [0.15, 0.2) is 0 Å². The number of hydrogen-bond acceptors (Lipinski definition) is 4. The summed E-state index contributed by atoms with van der Waals surface area (Å²) in [5.74, 6) is -2.75. The quantitative estimate of drug-likeness (QED) is 0.252. The molecule has 7 nitrogen and oxygen atoms in total. The molecule has 0 radical (unpaired) electrons. The molecule has 3 aromatic carbocycles. The molecule has 4 rings (SSSR count). The number of nitrogens with one attached hydrogen (secondary N) is 2. The van der Waals surface area contributed by atoms with Crippen molar-refractivity contribution in [2.24, 2.45) is 5.73 Å². The summed E-state index contributed by atoms with van der Waals surface area (Å²) in [5, 5.41) is 3.29. The second kappa shape index (κ2) is 13.3. The van der Waals surface area contributed by atoms with E-state index in [1.807, 2.05) is 30.3 Å². The number of ketones is 1. The Balaban J connectivity index is 0.000000520. The number of primary amides is 1. The Morgan fingerprint density at radius 1 is 0.949 bits per heavy atom. The van der Waals surface area contributed by atoms with Crippen LogP contribution in [-0.2, 0) is 4.79 Å². The highest BCUT2D eigenvalue weighted by Crippen LogP contribution is 2.35. The van der Waals surface area contributed by atoms with E-state index in [1.54, 1.807) is 12.1 Å². The minimum absolute atomic E-state index is 0.0504. The minimum atomic E-state index is -0.793. The SMILES string of the molecule is COc1ccc(C(=O)c2[nH]cc(C(=O)NCCC(N)=O)c2-c2c(F)ccc(F)c2C)cc1.Clc1ccccc1. The van der Waals surface area contributed by atoms with E-state index in [0.29, 0.717) is 5.75 Å². The summed E-state index contributed by atoms with van der Waals surface area (Å²) >= 11 is 5.54. The average molecular weight is 554 g/mol. The first-order valence-corrected chi connectivity index (χ1v) is 12.1. The fraction of sp³-hybridized carbons (Fsp3) is 0.138. The molecule has 0 fully saturated rings. The van der Waals surface area contributed by atoms with Gasteiger partial charge in [0.2, 0.25) is 11.7 Å². The molecule has 0 aliphatic carbocycles. The van der Waals surface area contributed by atoms with E-state index in [9.17, 15) is 23.2 Å². The number of halogens is 3. The van der Waals surface area contributed by atoms with Crippen molar-refractivity contribution in [2.45, 2.75) is 13.3 Å². The zero-order valence-corrected chi connectivity index (χ0v) is 21.9. The second-order valence-electron chi connectivity index (χ2n) is 8.31. The van der Waals surface area contributed by atoms with Gasteiger partial charge in [-0.2, -0.15) is 0 Å². The molecule has 0 aliphatic rings. The van der Waals surface area contributed by atoms with Crippen LogP contribution in [-0.4, -0.2) is 36.2 Å². The molecule has 0 saturated carbocycles. The standard InChI is InChI=1S/C23H21F2N3O4.C6H5Cl/c1-12-16(24)7-8-17(25)19(12)20-15(23(31)27-10-9-18(26)29)11-28-21(20)22(30)13-3-5-14(32-2)6-4-13;7-6-4-2-1-3-5-6/h3-8,11,28H,9-10H2,1-2H3,(H2,26,29)(H,27,31);1-5H.